The van der Waals surface area contributed by atoms with E-state index in [4.69, 9.17) is 4.74 Å². The van der Waals surface area contributed by atoms with Gasteiger partial charge in [-0.25, -0.2) is 16.8 Å². The van der Waals surface area contributed by atoms with Gasteiger partial charge >= 0.3 is 0 Å². The third-order valence-electron chi connectivity index (χ3n) is 3.77. The predicted octanol–water partition coefficient (Wildman–Crippen LogP) is 0.861. The number of benzene rings is 1. The molecular weight excluding hydrogens is 390 g/mol. The SMILES string of the molecule is CCS(=O)(=O)Nc1ccc(S(=O)(=O)N2CCNC(C)C2)c(OC)c1.Cl. The molecule has 144 valence electrons. The van der Waals surface area contributed by atoms with Crippen LogP contribution in [0.5, 0.6) is 5.75 Å². The third kappa shape index (κ3) is 5.20. The summed E-state index contributed by atoms with van der Waals surface area (Å²) in [6.45, 7) is 4.76. The minimum atomic E-state index is -3.71. The van der Waals surface area contributed by atoms with Crippen molar-refractivity contribution in [3.05, 3.63) is 18.2 Å². The number of nitrogens with zero attached hydrogens (tertiary/aromatic N) is 1. The van der Waals surface area contributed by atoms with Gasteiger partial charge in [-0.2, -0.15) is 4.31 Å². The first-order chi connectivity index (χ1) is 11.2. The molecule has 11 heteroatoms. The molecule has 8 nitrogen and oxygen atoms in total. The van der Waals surface area contributed by atoms with Gasteiger partial charge in [0.2, 0.25) is 20.0 Å². The van der Waals surface area contributed by atoms with Crippen molar-refractivity contribution < 1.29 is 21.6 Å². The average Bonchev–Trinajstić information content (AvgIpc) is 2.54. The Morgan fingerprint density at radius 2 is 2.00 bits per heavy atom. The fourth-order valence-corrected chi connectivity index (χ4v) is 4.75. The summed E-state index contributed by atoms with van der Waals surface area (Å²) >= 11 is 0. The molecule has 0 aliphatic carbocycles. The molecule has 1 fully saturated rings. The normalized spacial score (nSPS) is 19.1. The zero-order chi connectivity index (χ0) is 18.0. The first kappa shape index (κ1) is 22.0. The van der Waals surface area contributed by atoms with Crippen molar-refractivity contribution in [2.24, 2.45) is 0 Å². The lowest BCUT2D eigenvalue weighted by molar-refractivity contribution is 0.308. The molecule has 2 rings (SSSR count). The Hall–Kier alpha value is -1.07. The molecule has 1 heterocycles. The van der Waals surface area contributed by atoms with E-state index in [0.717, 1.165) is 0 Å². The zero-order valence-electron chi connectivity index (χ0n) is 14.4. The molecule has 2 N–H and O–H groups in total. The highest BCUT2D eigenvalue weighted by atomic mass is 35.5. The Morgan fingerprint density at radius 1 is 1.32 bits per heavy atom. The molecule has 25 heavy (non-hydrogen) atoms. The standard InChI is InChI=1S/C14H23N3O5S2.ClH/c1-4-23(18,19)16-12-5-6-14(13(9-12)22-3)24(20,21)17-8-7-15-11(2)10-17;/h5-6,9,11,15-16H,4,7-8,10H2,1-3H3;1H. The lowest BCUT2D eigenvalue weighted by atomic mass is 10.3. The number of halogens is 1. The first-order valence-corrected chi connectivity index (χ1v) is 10.7. The van der Waals surface area contributed by atoms with Gasteiger partial charge in [-0.15, -0.1) is 12.4 Å². The Balaban J connectivity index is 0.00000312. The molecule has 0 bridgehead atoms. The summed E-state index contributed by atoms with van der Waals surface area (Å²) in [5.74, 6) is 0.0334. The topological polar surface area (TPSA) is 105 Å². The summed E-state index contributed by atoms with van der Waals surface area (Å²) in [7, 11) is -5.81. The predicted molar refractivity (Wildman–Crippen MR) is 99.5 cm³/mol. The van der Waals surface area contributed by atoms with E-state index < -0.39 is 20.0 Å². The number of piperazine rings is 1. The van der Waals surface area contributed by atoms with Crippen molar-refractivity contribution in [2.45, 2.75) is 24.8 Å². The van der Waals surface area contributed by atoms with Gasteiger partial charge in [0, 0.05) is 31.7 Å². The van der Waals surface area contributed by atoms with Crippen LogP contribution in [0.1, 0.15) is 13.8 Å². The number of methoxy groups -OCH3 is 1. The lowest BCUT2D eigenvalue weighted by Gasteiger charge is -2.31. The maximum absolute atomic E-state index is 12.8. The van der Waals surface area contributed by atoms with Crippen molar-refractivity contribution in [1.29, 1.82) is 0 Å². The number of nitrogens with one attached hydrogen (secondary N) is 2. The van der Waals surface area contributed by atoms with Gasteiger partial charge in [-0.1, -0.05) is 0 Å². The fraction of sp³-hybridized carbons (Fsp3) is 0.571. The van der Waals surface area contributed by atoms with E-state index in [0.29, 0.717) is 19.6 Å². The molecule has 1 aromatic carbocycles. The van der Waals surface area contributed by atoms with Crippen LogP contribution >= 0.6 is 12.4 Å². The fourth-order valence-electron chi connectivity index (χ4n) is 2.45. The van der Waals surface area contributed by atoms with Crippen LogP contribution < -0.4 is 14.8 Å². The zero-order valence-corrected chi connectivity index (χ0v) is 16.8. The number of sulfonamides is 2. The van der Waals surface area contributed by atoms with Crippen LogP contribution in [0, 0.1) is 0 Å². The number of anilines is 1. The molecule has 1 atom stereocenters. The molecule has 0 spiro atoms. The van der Waals surface area contributed by atoms with Gasteiger partial charge in [-0.3, -0.25) is 4.72 Å². The summed E-state index contributed by atoms with van der Waals surface area (Å²) in [4.78, 5) is 0.0264. The molecule has 0 amide bonds. The second kappa shape index (κ2) is 8.54. The van der Waals surface area contributed by atoms with E-state index in [-0.39, 0.29) is 40.5 Å². The van der Waals surface area contributed by atoms with Crippen molar-refractivity contribution in [3.63, 3.8) is 0 Å². The number of ether oxygens (including phenoxy) is 1. The molecular formula is C14H24ClN3O5S2. The van der Waals surface area contributed by atoms with E-state index in [2.05, 4.69) is 10.0 Å². The minimum Gasteiger partial charge on any atom is -0.495 e. The van der Waals surface area contributed by atoms with Gasteiger partial charge in [0.15, 0.2) is 0 Å². The van der Waals surface area contributed by atoms with Crippen LogP contribution in [0.15, 0.2) is 23.1 Å². The Morgan fingerprint density at radius 3 is 2.56 bits per heavy atom. The molecule has 0 saturated carbocycles. The van der Waals surface area contributed by atoms with Gasteiger partial charge in [0.05, 0.1) is 18.6 Å². The highest BCUT2D eigenvalue weighted by Gasteiger charge is 2.31. The van der Waals surface area contributed by atoms with E-state index in [1.807, 2.05) is 6.92 Å². The number of hydrogen-bond donors (Lipinski definition) is 2. The van der Waals surface area contributed by atoms with Gasteiger partial charge in [0.1, 0.15) is 10.6 Å². The van der Waals surface area contributed by atoms with Crippen LogP contribution in [0.2, 0.25) is 0 Å². The molecule has 0 radical (unpaired) electrons. The lowest BCUT2D eigenvalue weighted by Crippen LogP contribution is -2.51. The molecule has 0 aromatic heterocycles. The van der Waals surface area contributed by atoms with Crippen LogP contribution in [0.25, 0.3) is 0 Å². The summed E-state index contributed by atoms with van der Waals surface area (Å²) in [6, 6.07) is 4.24. The monoisotopic (exact) mass is 413 g/mol. The Labute approximate surface area is 155 Å². The smallest absolute Gasteiger partial charge is 0.246 e. The van der Waals surface area contributed by atoms with E-state index in [9.17, 15) is 16.8 Å². The third-order valence-corrected chi connectivity index (χ3v) is 6.98. The molecule has 1 aromatic rings. The molecule has 1 saturated heterocycles. The maximum Gasteiger partial charge on any atom is 0.246 e. The van der Waals surface area contributed by atoms with Gasteiger partial charge in [0.25, 0.3) is 0 Å². The molecule has 1 unspecified atom stereocenters. The van der Waals surface area contributed by atoms with Crippen LogP contribution in [-0.4, -0.2) is 59.7 Å². The van der Waals surface area contributed by atoms with Crippen LogP contribution in [0.4, 0.5) is 5.69 Å². The van der Waals surface area contributed by atoms with E-state index >= 15 is 0 Å². The van der Waals surface area contributed by atoms with Crippen molar-refractivity contribution >= 4 is 38.1 Å². The molecule has 1 aliphatic heterocycles. The second-order valence-corrected chi connectivity index (χ2v) is 9.51. The van der Waals surface area contributed by atoms with Gasteiger partial charge < -0.3 is 10.1 Å². The average molecular weight is 414 g/mol. The Kier molecular flexibility index (Phi) is 7.51. The van der Waals surface area contributed by atoms with Crippen molar-refractivity contribution in [3.8, 4) is 5.75 Å². The van der Waals surface area contributed by atoms with E-state index in [1.165, 1.54) is 36.5 Å². The number of rotatable bonds is 6. The van der Waals surface area contributed by atoms with Crippen molar-refractivity contribution in [2.75, 3.05) is 37.2 Å². The summed E-state index contributed by atoms with van der Waals surface area (Å²) in [5, 5.41) is 3.19. The largest absolute Gasteiger partial charge is 0.495 e. The summed E-state index contributed by atoms with van der Waals surface area (Å²) < 4.78 is 58.0. The van der Waals surface area contributed by atoms with Crippen LogP contribution in [0.3, 0.4) is 0 Å². The quantitative estimate of drug-likeness (QED) is 0.716. The van der Waals surface area contributed by atoms with Crippen LogP contribution in [-0.2, 0) is 20.0 Å². The highest BCUT2D eigenvalue weighted by Crippen LogP contribution is 2.30. The Bertz CT molecular complexity index is 799. The first-order valence-electron chi connectivity index (χ1n) is 7.61. The number of hydrogen-bond acceptors (Lipinski definition) is 6. The van der Waals surface area contributed by atoms with Gasteiger partial charge in [-0.05, 0) is 26.0 Å². The minimum absolute atomic E-state index is 0. The highest BCUT2D eigenvalue weighted by molar-refractivity contribution is 7.92. The summed E-state index contributed by atoms with van der Waals surface area (Å²) in [6.07, 6.45) is 0. The second-order valence-electron chi connectivity index (χ2n) is 5.59. The summed E-state index contributed by atoms with van der Waals surface area (Å²) in [5.41, 5.74) is 0.265. The van der Waals surface area contributed by atoms with Crippen molar-refractivity contribution in [1.82, 2.24) is 9.62 Å². The van der Waals surface area contributed by atoms with E-state index in [1.54, 1.807) is 0 Å². The molecule has 1 aliphatic rings. The maximum atomic E-state index is 12.8.